The van der Waals surface area contributed by atoms with Crippen molar-refractivity contribution in [1.82, 2.24) is 26.2 Å². The molecule has 1 aromatic rings. The second-order valence-electron chi connectivity index (χ2n) is 10.8. The summed E-state index contributed by atoms with van der Waals surface area (Å²) in [5.41, 5.74) is 2.57. The summed E-state index contributed by atoms with van der Waals surface area (Å²) >= 11 is 0. The van der Waals surface area contributed by atoms with E-state index in [9.17, 15) is 0 Å². The Morgan fingerprint density at radius 1 is 0.895 bits per heavy atom. The average Bonchev–Trinajstić information content (AvgIpc) is 2.92. The van der Waals surface area contributed by atoms with Crippen LogP contribution in [0.2, 0.25) is 0 Å². The second kappa shape index (κ2) is 20.0. The molecule has 1 heterocycles. The highest BCUT2D eigenvalue weighted by Crippen LogP contribution is 2.28. The van der Waals surface area contributed by atoms with Gasteiger partial charge in [0.05, 0.1) is 6.61 Å². The van der Waals surface area contributed by atoms with Crippen molar-refractivity contribution >= 4 is 6.08 Å². The van der Waals surface area contributed by atoms with E-state index in [0.717, 1.165) is 110 Å². The lowest BCUT2D eigenvalue weighted by Gasteiger charge is -2.23. The third-order valence-corrected chi connectivity index (χ3v) is 7.02. The van der Waals surface area contributed by atoms with E-state index >= 15 is 0 Å². The minimum Gasteiger partial charge on any atom is -0.494 e. The lowest BCUT2D eigenvalue weighted by Crippen LogP contribution is -2.39. The first kappa shape index (κ1) is 32.3. The van der Waals surface area contributed by atoms with Gasteiger partial charge in [-0.3, -0.25) is 0 Å². The molecular formula is C32H55N5O. The summed E-state index contributed by atoms with van der Waals surface area (Å²) in [4.78, 5) is 2.57. The molecule has 0 bridgehead atoms. The molecule has 1 aliphatic rings. The van der Waals surface area contributed by atoms with Gasteiger partial charge in [-0.2, -0.15) is 0 Å². The van der Waals surface area contributed by atoms with Crippen molar-refractivity contribution in [3.05, 3.63) is 60.2 Å². The van der Waals surface area contributed by atoms with Crippen LogP contribution < -0.4 is 26.0 Å². The zero-order chi connectivity index (χ0) is 27.3. The van der Waals surface area contributed by atoms with Crippen molar-refractivity contribution in [2.24, 2.45) is 5.41 Å². The van der Waals surface area contributed by atoms with Crippen LogP contribution in [0.25, 0.3) is 6.08 Å². The van der Waals surface area contributed by atoms with Crippen LogP contribution in [0.15, 0.2) is 54.6 Å². The molecule has 1 saturated heterocycles. The number of rotatable bonds is 12. The van der Waals surface area contributed by atoms with Crippen LogP contribution in [-0.4, -0.2) is 83.5 Å². The van der Waals surface area contributed by atoms with Crippen molar-refractivity contribution in [2.75, 3.05) is 78.6 Å². The summed E-state index contributed by atoms with van der Waals surface area (Å²) in [5, 5.41) is 14.1. The molecule has 0 saturated carbocycles. The third-order valence-electron chi connectivity index (χ3n) is 7.02. The van der Waals surface area contributed by atoms with Gasteiger partial charge in [-0.25, -0.2) is 0 Å². The number of hydrogen-bond donors (Lipinski definition) is 4. The van der Waals surface area contributed by atoms with Gasteiger partial charge in [0.1, 0.15) is 5.75 Å². The lowest BCUT2D eigenvalue weighted by molar-refractivity contribution is 0.249. The van der Waals surface area contributed by atoms with E-state index in [0.29, 0.717) is 0 Å². The molecule has 6 heteroatoms. The van der Waals surface area contributed by atoms with Crippen LogP contribution in [0.3, 0.4) is 0 Å². The summed E-state index contributed by atoms with van der Waals surface area (Å²) in [7, 11) is 0. The molecule has 38 heavy (non-hydrogen) atoms. The Balaban J connectivity index is 1.69. The van der Waals surface area contributed by atoms with Crippen LogP contribution in [-0.2, 0) is 0 Å². The fourth-order valence-corrected chi connectivity index (χ4v) is 4.35. The molecule has 1 atom stereocenters. The van der Waals surface area contributed by atoms with E-state index in [2.05, 4.69) is 102 Å². The smallest absolute Gasteiger partial charge is 0.119 e. The number of allylic oxidation sites excluding steroid dienone is 4. The topological polar surface area (TPSA) is 60.6 Å². The Morgan fingerprint density at radius 2 is 1.47 bits per heavy atom. The Morgan fingerprint density at radius 3 is 2.03 bits per heavy atom. The van der Waals surface area contributed by atoms with Gasteiger partial charge >= 0.3 is 0 Å². The zero-order valence-electron chi connectivity index (χ0n) is 24.5. The van der Waals surface area contributed by atoms with Crippen LogP contribution in [0.4, 0.5) is 0 Å². The van der Waals surface area contributed by atoms with E-state index in [-0.39, 0.29) is 5.41 Å². The van der Waals surface area contributed by atoms with E-state index in [4.69, 9.17) is 4.74 Å². The molecule has 1 unspecified atom stereocenters. The van der Waals surface area contributed by atoms with Crippen molar-refractivity contribution < 1.29 is 4.74 Å². The fraction of sp³-hybridized carbons (Fsp3) is 0.625. The average molecular weight is 526 g/mol. The number of hydrogen-bond acceptors (Lipinski definition) is 6. The van der Waals surface area contributed by atoms with E-state index in [1.165, 1.54) is 11.1 Å². The molecule has 4 N–H and O–H groups in total. The molecular weight excluding hydrogens is 470 g/mol. The predicted octanol–water partition coefficient (Wildman–Crippen LogP) is 4.47. The molecule has 0 amide bonds. The number of ether oxygens (including phenoxy) is 1. The number of unbranched alkanes of at least 4 members (excludes halogenated alkanes) is 1. The van der Waals surface area contributed by atoms with E-state index in [1.54, 1.807) is 0 Å². The Kier molecular flexibility index (Phi) is 17.0. The molecule has 1 aliphatic heterocycles. The van der Waals surface area contributed by atoms with Crippen molar-refractivity contribution in [1.29, 1.82) is 0 Å². The summed E-state index contributed by atoms with van der Waals surface area (Å²) < 4.78 is 6.04. The van der Waals surface area contributed by atoms with E-state index in [1.807, 2.05) is 0 Å². The van der Waals surface area contributed by atoms with Gasteiger partial charge in [0.25, 0.3) is 0 Å². The quantitative estimate of drug-likeness (QED) is 0.239. The number of benzene rings is 1. The maximum Gasteiger partial charge on any atom is 0.119 e. The molecule has 1 aromatic carbocycles. The normalized spacial score (nSPS) is 18.7. The van der Waals surface area contributed by atoms with Crippen LogP contribution in [0, 0.1) is 5.41 Å². The summed E-state index contributed by atoms with van der Waals surface area (Å²) in [6.07, 6.45) is 13.2. The van der Waals surface area contributed by atoms with Gasteiger partial charge in [0.2, 0.25) is 0 Å². The first-order valence-corrected chi connectivity index (χ1v) is 14.7. The zero-order valence-corrected chi connectivity index (χ0v) is 24.5. The maximum atomic E-state index is 6.04. The minimum absolute atomic E-state index is 0.00305. The van der Waals surface area contributed by atoms with Gasteiger partial charge in [0, 0.05) is 70.9 Å². The molecule has 214 valence electrons. The SMILES string of the molecule is C=CC(C)(/C=C/c1ccc(OCCCCN2CCNCCNCCNCCNCC2)cc1)CCC=C(C)C. The molecule has 0 radical (unpaired) electrons. The standard InChI is InChI=1S/C32H55N5O/c1-5-32(4,15-8-9-29(2)3)16-14-30-10-12-31(13-11-30)38-28-7-6-25-37-26-23-35-21-19-33-17-18-34-20-22-36-24-27-37/h5,9-14,16,33-36H,1,6-8,15,17-28H2,2-4H3/b16-14+. The van der Waals surface area contributed by atoms with E-state index < -0.39 is 0 Å². The van der Waals surface area contributed by atoms with Gasteiger partial charge in [0.15, 0.2) is 0 Å². The van der Waals surface area contributed by atoms with Gasteiger partial charge in [-0.05, 0) is 63.8 Å². The van der Waals surface area contributed by atoms with Gasteiger partial charge in [-0.1, -0.05) is 48.9 Å². The summed E-state index contributed by atoms with van der Waals surface area (Å²) in [5.74, 6) is 0.946. The predicted molar refractivity (Wildman–Crippen MR) is 165 cm³/mol. The molecule has 0 spiro atoms. The van der Waals surface area contributed by atoms with Crippen molar-refractivity contribution in [2.45, 2.75) is 46.5 Å². The number of nitrogens with one attached hydrogen (secondary N) is 4. The highest BCUT2D eigenvalue weighted by atomic mass is 16.5. The van der Waals surface area contributed by atoms with Gasteiger partial charge < -0.3 is 30.9 Å². The second-order valence-corrected chi connectivity index (χ2v) is 10.8. The molecule has 0 aliphatic carbocycles. The lowest BCUT2D eigenvalue weighted by atomic mass is 9.84. The molecule has 2 rings (SSSR count). The monoisotopic (exact) mass is 525 g/mol. The highest BCUT2D eigenvalue weighted by Gasteiger charge is 2.15. The Labute approximate surface area is 233 Å². The third kappa shape index (κ3) is 15.5. The fourth-order valence-electron chi connectivity index (χ4n) is 4.35. The Bertz CT molecular complexity index is 787. The minimum atomic E-state index is 0.00305. The van der Waals surface area contributed by atoms with Crippen LogP contribution in [0.1, 0.15) is 52.0 Å². The Hall–Kier alpha value is -1.96. The first-order chi connectivity index (χ1) is 18.5. The maximum absolute atomic E-state index is 6.04. The summed E-state index contributed by atoms with van der Waals surface area (Å²) in [6, 6.07) is 8.44. The van der Waals surface area contributed by atoms with Crippen molar-refractivity contribution in [3.63, 3.8) is 0 Å². The van der Waals surface area contributed by atoms with Crippen molar-refractivity contribution in [3.8, 4) is 5.75 Å². The number of nitrogens with zero attached hydrogens (tertiary/aromatic N) is 1. The largest absolute Gasteiger partial charge is 0.494 e. The summed E-state index contributed by atoms with van der Waals surface area (Å²) in [6.45, 7) is 22.9. The molecule has 1 fully saturated rings. The first-order valence-electron chi connectivity index (χ1n) is 14.7. The van der Waals surface area contributed by atoms with Crippen LogP contribution >= 0.6 is 0 Å². The van der Waals surface area contributed by atoms with Gasteiger partial charge in [-0.15, -0.1) is 6.58 Å². The molecule has 6 nitrogen and oxygen atoms in total. The van der Waals surface area contributed by atoms with Crippen LogP contribution in [0.5, 0.6) is 5.75 Å². The highest BCUT2D eigenvalue weighted by molar-refractivity contribution is 5.52. The molecule has 0 aromatic heterocycles.